The Bertz CT molecular complexity index is 639. The highest BCUT2D eigenvalue weighted by Crippen LogP contribution is 2.31. The Morgan fingerprint density at radius 3 is 2.38 bits per heavy atom. The zero-order valence-electron chi connectivity index (χ0n) is 16.0. The Balaban J connectivity index is 1.53. The fourth-order valence-corrected chi connectivity index (χ4v) is 4.25. The van der Waals surface area contributed by atoms with Crippen LogP contribution in [0, 0.1) is 5.41 Å². The molecule has 0 unspecified atom stereocenters. The van der Waals surface area contributed by atoms with Gasteiger partial charge in [-0.1, -0.05) is 0 Å². The van der Waals surface area contributed by atoms with Crippen molar-refractivity contribution >= 4 is 23.2 Å². The first-order valence-corrected chi connectivity index (χ1v) is 10.4. The Morgan fingerprint density at radius 1 is 1.12 bits per heavy atom. The van der Waals surface area contributed by atoms with Crippen LogP contribution in [0.15, 0.2) is 5.38 Å². The molecule has 0 N–H and O–H groups in total. The van der Waals surface area contributed by atoms with Crippen LogP contribution in [0.25, 0.3) is 0 Å². The van der Waals surface area contributed by atoms with Crippen LogP contribution in [0.4, 0.5) is 0 Å². The number of likely N-dealkylation sites (tertiary alicyclic amines) is 1. The van der Waals surface area contributed by atoms with Gasteiger partial charge in [-0.3, -0.25) is 4.79 Å². The molecule has 1 aromatic rings. The van der Waals surface area contributed by atoms with E-state index in [0.29, 0.717) is 24.7 Å². The number of hydrogen-bond donors (Lipinski definition) is 0. The Hall–Kier alpha value is -1.47. The summed E-state index contributed by atoms with van der Waals surface area (Å²) < 4.78 is 0. The second-order valence-corrected chi connectivity index (χ2v) is 9.15. The quantitative estimate of drug-likeness (QED) is 0.805. The molecule has 1 aromatic heterocycles. The first-order valence-electron chi connectivity index (χ1n) is 9.56. The summed E-state index contributed by atoms with van der Waals surface area (Å²) in [7, 11) is 0. The molecule has 0 atom stereocenters. The van der Waals surface area contributed by atoms with Crippen LogP contribution in [-0.2, 0) is 9.63 Å². The predicted molar refractivity (Wildman–Crippen MR) is 101 cm³/mol. The van der Waals surface area contributed by atoms with Gasteiger partial charge in [0.2, 0.25) is 0 Å². The summed E-state index contributed by atoms with van der Waals surface area (Å²) in [5.74, 6) is 0.218. The second-order valence-electron chi connectivity index (χ2n) is 8.26. The van der Waals surface area contributed by atoms with Crippen LogP contribution < -0.4 is 0 Å². The van der Waals surface area contributed by atoms with Crippen molar-refractivity contribution in [2.75, 3.05) is 26.2 Å². The van der Waals surface area contributed by atoms with Gasteiger partial charge in [0.05, 0.1) is 10.4 Å². The normalized spacial score (nSPS) is 20.2. The highest BCUT2D eigenvalue weighted by molar-refractivity contribution is 7.09. The number of nitrogens with zero attached hydrogens (tertiary/aromatic N) is 3. The topological polar surface area (TPSA) is 62.7 Å². The number of amides is 1. The van der Waals surface area contributed by atoms with Crippen LogP contribution in [0.5, 0.6) is 0 Å². The van der Waals surface area contributed by atoms with E-state index in [1.807, 2.05) is 31.1 Å². The molecule has 3 rings (SSSR count). The fourth-order valence-electron chi connectivity index (χ4n) is 3.28. The fraction of sp³-hybridized carbons (Fsp3) is 0.737. The number of carbonyl (C=O) groups excluding carboxylic acids is 2. The van der Waals surface area contributed by atoms with Crippen molar-refractivity contribution in [1.29, 1.82) is 0 Å². The molecule has 1 amide bonds. The molecule has 144 valence electrons. The van der Waals surface area contributed by atoms with E-state index in [2.05, 4.69) is 4.98 Å². The lowest BCUT2D eigenvalue weighted by Gasteiger charge is -2.31. The first-order chi connectivity index (χ1) is 12.3. The van der Waals surface area contributed by atoms with Crippen molar-refractivity contribution in [1.82, 2.24) is 14.9 Å². The van der Waals surface area contributed by atoms with Gasteiger partial charge in [-0.2, -0.15) is 0 Å². The van der Waals surface area contributed by atoms with E-state index >= 15 is 0 Å². The Kier molecular flexibility index (Phi) is 5.97. The van der Waals surface area contributed by atoms with Crippen LogP contribution in [0.1, 0.15) is 74.3 Å². The second kappa shape index (κ2) is 8.05. The molecule has 0 aliphatic carbocycles. The van der Waals surface area contributed by atoms with E-state index in [4.69, 9.17) is 4.84 Å². The third kappa shape index (κ3) is 4.62. The summed E-state index contributed by atoms with van der Waals surface area (Å²) in [4.78, 5) is 36.6. The van der Waals surface area contributed by atoms with Gasteiger partial charge in [-0.05, 0) is 52.9 Å². The summed E-state index contributed by atoms with van der Waals surface area (Å²) in [6, 6.07) is 0. The van der Waals surface area contributed by atoms with Gasteiger partial charge in [0.15, 0.2) is 0 Å². The lowest BCUT2D eigenvalue weighted by atomic mass is 9.97. The van der Waals surface area contributed by atoms with Crippen molar-refractivity contribution in [3.05, 3.63) is 16.1 Å². The van der Waals surface area contributed by atoms with E-state index in [-0.39, 0.29) is 11.9 Å². The minimum atomic E-state index is -0.490. The highest BCUT2D eigenvalue weighted by Gasteiger charge is 2.30. The zero-order chi connectivity index (χ0) is 18.7. The maximum atomic E-state index is 12.6. The molecule has 6 nitrogen and oxygen atoms in total. The van der Waals surface area contributed by atoms with Crippen LogP contribution >= 0.6 is 11.3 Å². The van der Waals surface area contributed by atoms with Gasteiger partial charge < -0.3 is 9.74 Å². The number of hydrogen-bond acceptors (Lipinski definition) is 6. The standard InChI is InChI=1S/C19H29N3O3S/c1-19(2,3)18(24)25-22-11-7-14(8-12-22)16-20-15(13-26-16)17(23)21-9-5-4-6-10-21/h13-14H,4-12H2,1-3H3. The molecule has 2 aliphatic rings. The lowest BCUT2D eigenvalue weighted by molar-refractivity contribution is -0.204. The predicted octanol–water partition coefficient (Wildman–Crippen LogP) is 3.45. The molecule has 0 aromatic carbocycles. The van der Waals surface area contributed by atoms with Crippen LogP contribution in [0.2, 0.25) is 0 Å². The number of carbonyl (C=O) groups is 2. The first kappa shape index (κ1) is 19.3. The maximum absolute atomic E-state index is 12.6. The average molecular weight is 380 g/mol. The average Bonchev–Trinajstić information content (AvgIpc) is 3.12. The van der Waals surface area contributed by atoms with E-state index in [1.54, 1.807) is 16.4 Å². The van der Waals surface area contributed by atoms with Gasteiger partial charge in [-0.15, -0.1) is 16.4 Å². The molecular weight excluding hydrogens is 350 g/mol. The van der Waals surface area contributed by atoms with Crippen molar-refractivity contribution in [2.45, 2.75) is 58.8 Å². The van der Waals surface area contributed by atoms with Crippen molar-refractivity contribution in [3.63, 3.8) is 0 Å². The lowest BCUT2D eigenvalue weighted by Crippen LogP contribution is -2.38. The van der Waals surface area contributed by atoms with Gasteiger partial charge in [-0.25, -0.2) is 9.78 Å². The molecule has 0 spiro atoms. The third-order valence-corrected chi connectivity index (χ3v) is 6.02. The molecule has 2 saturated heterocycles. The van der Waals surface area contributed by atoms with E-state index in [0.717, 1.165) is 43.8 Å². The number of thiazole rings is 1. The van der Waals surface area contributed by atoms with Crippen molar-refractivity contribution in [2.24, 2.45) is 5.41 Å². The van der Waals surface area contributed by atoms with Crippen molar-refractivity contribution < 1.29 is 14.4 Å². The van der Waals surface area contributed by atoms with Crippen LogP contribution in [-0.4, -0.2) is 53.0 Å². The van der Waals surface area contributed by atoms with E-state index in [9.17, 15) is 9.59 Å². The Morgan fingerprint density at radius 2 is 1.77 bits per heavy atom. The largest absolute Gasteiger partial charge is 0.367 e. The monoisotopic (exact) mass is 379 g/mol. The molecule has 2 aliphatic heterocycles. The summed E-state index contributed by atoms with van der Waals surface area (Å²) in [5, 5.41) is 4.70. The SMILES string of the molecule is CC(C)(C)C(=O)ON1CCC(c2nc(C(=O)N3CCCCC3)cs2)CC1. The molecule has 7 heteroatoms. The van der Waals surface area contributed by atoms with Crippen molar-refractivity contribution in [3.8, 4) is 0 Å². The minimum Gasteiger partial charge on any atom is -0.367 e. The molecule has 0 radical (unpaired) electrons. The summed E-state index contributed by atoms with van der Waals surface area (Å²) >= 11 is 1.58. The molecule has 3 heterocycles. The number of hydroxylamine groups is 2. The Labute approximate surface area is 159 Å². The molecule has 2 fully saturated rings. The third-order valence-electron chi connectivity index (χ3n) is 5.01. The van der Waals surface area contributed by atoms with Crippen LogP contribution in [0.3, 0.4) is 0 Å². The van der Waals surface area contributed by atoms with Gasteiger partial charge in [0.1, 0.15) is 5.69 Å². The maximum Gasteiger partial charge on any atom is 0.330 e. The van der Waals surface area contributed by atoms with Gasteiger partial charge in [0, 0.05) is 37.5 Å². The zero-order valence-corrected chi connectivity index (χ0v) is 16.8. The summed E-state index contributed by atoms with van der Waals surface area (Å²) in [6.07, 6.45) is 5.18. The van der Waals surface area contributed by atoms with Gasteiger partial charge >= 0.3 is 5.97 Å². The number of aromatic nitrogens is 1. The van der Waals surface area contributed by atoms with Gasteiger partial charge in [0.25, 0.3) is 5.91 Å². The highest BCUT2D eigenvalue weighted by atomic mass is 32.1. The van der Waals surface area contributed by atoms with E-state index < -0.39 is 5.41 Å². The summed E-state index contributed by atoms with van der Waals surface area (Å²) in [6.45, 7) is 8.70. The smallest absolute Gasteiger partial charge is 0.330 e. The molecule has 0 bridgehead atoms. The molecular formula is C19H29N3O3S. The minimum absolute atomic E-state index is 0.0729. The molecule has 26 heavy (non-hydrogen) atoms. The summed E-state index contributed by atoms with van der Waals surface area (Å²) in [5.41, 5.74) is 0.101. The number of rotatable bonds is 3. The molecule has 0 saturated carbocycles. The number of piperidine rings is 2. The van der Waals surface area contributed by atoms with E-state index in [1.165, 1.54) is 6.42 Å².